The Labute approximate surface area is 105 Å². The lowest BCUT2D eigenvalue weighted by Crippen LogP contribution is -2.14. The van der Waals surface area contributed by atoms with E-state index in [0.717, 1.165) is 12.1 Å². The Bertz CT molecular complexity index is 539. The summed E-state index contributed by atoms with van der Waals surface area (Å²) in [7, 11) is 1.50. The second kappa shape index (κ2) is 5.18. The molecule has 0 aliphatic rings. The van der Waals surface area contributed by atoms with Crippen LogP contribution in [-0.2, 0) is 6.54 Å². The zero-order valence-electron chi connectivity index (χ0n) is 10.4. The van der Waals surface area contributed by atoms with Crippen LogP contribution in [0.1, 0.15) is 24.1 Å². The fourth-order valence-electron chi connectivity index (χ4n) is 1.88. The number of rotatable bonds is 4. The van der Waals surface area contributed by atoms with Crippen molar-refractivity contribution in [3.63, 3.8) is 0 Å². The van der Waals surface area contributed by atoms with Crippen LogP contribution >= 0.6 is 0 Å². The van der Waals surface area contributed by atoms with Crippen molar-refractivity contribution in [1.82, 2.24) is 9.78 Å². The van der Waals surface area contributed by atoms with Gasteiger partial charge in [0.1, 0.15) is 11.6 Å². The molecule has 96 valence electrons. The second-order valence-electron chi connectivity index (χ2n) is 3.96. The minimum atomic E-state index is -0.582. The predicted octanol–water partition coefficient (Wildman–Crippen LogP) is 2.10. The van der Waals surface area contributed by atoms with Crippen LogP contribution in [0.5, 0.6) is 5.75 Å². The van der Waals surface area contributed by atoms with Gasteiger partial charge in [-0.05, 0) is 19.1 Å². The summed E-state index contributed by atoms with van der Waals surface area (Å²) < 4.78 is 20.8. The highest BCUT2D eigenvalue weighted by Gasteiger charge is 2.19. The van der Waals surface area contributed by atoms with E-state index < -0.39 is 6.04 Å². The predicted molar refractivity (Wildman–Crippen MR) is 66.9 cm³/mol. The fraction of sp³-hybridized carbons (Fsp3) is 0.308. The lowest BCUT2D eigenvalue weighted by atomic mass is 10.0. The number of hydrogen-bond acceptors (Lipinski definition) is 3. The summed E-state index contributed by atoms with van der Waals surface area (Å²) in [6.45, 7) is 2.73. The van der Waals surface area contributed by atoms with E-state index in [1.807, 2.05) is 13.1 Å². The number of aromatic nitrogens is 2. The zero-order valence-corrected chi connectivity index (χ0v) is 10.4. The molecule has 2 N–H and O–H groups in total. The molecule has 4 nitrogen and oxygen atoms in total. The molecule has 1 aromatic heterocycles. The van der Waals surface area contributed by atoms with Gasteiger partial charge in [-0.3, -0.25) is 4.68 Å². The second-order valence-corrected chi connectivity index (χ2v) is 3.96. The fourth-order valence-corrected chi connectivity index (χ4v) is 1.88. The SMILES string of the molecule is CCn1cc(C(N)c2c(F)cccc2OC)cn1. The minimum Gasteiger partial charge on any atom is -0.496 e. The highest BCUT2D eigenvalue weighted by molar-refractivity contribution is 5.41. The monoisotopic (exact) mass is 249 g/mol. The molecular formula is C13H16FN3O. The van der Waals surface area contributed by atoms with Crippen molar-refractivity contribution in [2.75, 3.05) is 7.11 Å². The quantitative estimate of drug-likeness (QED) is 0.902. The summed E-state index contributed by atoms with van der Waals surface area (Å²) in [5.41, 5.74) is 7.21. The highest BCUT2D eigenvalue weighted by Crippen LogP contribution is 2.30. The summed E-state index contributed by atoms with van der Waals surface area (Å²) >= 11 is 0. The van der Waals surface area contributed by atoms with E-state index in [4.69, 9.17) is 10.5 Å². The lowest BCUT2D eigenvalue weighted by Gasteiger charge is -2.15. The third-order valence-corrected chi connectivity index (χ3v) is 2.88. The molecule has 18 heavy (non-hydrogen) atoms. The Morgan fingerprint density at radius 2 is 2.28 bits per heavy atom. The number of hydrogen-bond donors (Lipinski definition) is 1. The van der Waals surface area contributed by atoms with Gasteiger partial charge >= 0.3 is 0 Å². The van der Waals surface area contributed by atoms with E-state index in [2.05, 4.69) is 5.10 Å². The van der Waals surface area contributed by atoms with E-state index in [1.54, 1.807) is 23.0 Å². The van der Waals surface area contributed by atoms with Crippen molar-refractivity contribution in [2.45, 2.75) is 19.5 Å². The Balaban J connectivity index is 2.41. The number of methoxy groups -OCH3 is 1. The molecule has 0 aliphatic heterocycles. The van der Waals surface area contributed by atoms with Crippen molar-refractivity contribution >= 4 is 0 Å². The summed E-state index contributed by atoms with van der Waals surface area (Å²) in [4.78, 5) is 0. The van der Waals surface area contributed by atoms with Crippen LogP contribution in [-0.4, -0.2) is 16.9 Å². The standard InChI is InChI=1S/C13H16FN3O/c1-3-17-8-9(7-16-17)13(15)12-10(14)5-4-6-11(12)18-2/h4-8,13H,3,15H2,1-2H3. The molecule has 0 spiro atoms. The molecule has 0 saturated heterocycles. The molecular weight excluding hydrogens is 233 g/mol. The van der Waals surface area contributed by atoms with Gasteiger partial charge in [0.15, 0.2) is 0 Å². The maximum Gasteiger partial charge on any atom is 0.132 e. The van der Waals surface area contributed by atoms with E-state index in [0.29, 0.717) is 11.3 Å². The number of nitrogens with two attached hydrogens (primary N) is 1. The molecule has 1 aromatic carbocycles. The molecule has 0 radical (unpaired) electrons. The van der Waals surface area contributed by atoms with E-state index in [9.17, 15) is 4.39 Å². The first-order chi connectivity index (χ1) is 8.67. The van der Waals surface area contributed by atoms with Crippen molar-refractivity contribution in [2.24, 2.45) is 5.73 Å². The molecule has 0 amide bonds. The molecule has 0 bridgehead atoms. The van der Waals surface area contributed by atoms with Crippen molar-refractivity contribution in [3.8, 4) is 5.75 Å². The molecule has 1 unspecified atom stereocenters. The number of ether oxygens (including phenoxy) is 1. The van der Waals surface area contributed by atoms with Gasteiger partial charge in [0.25, 0.3) is 0 Å². The zero-order chi connectivity index (χ0) is 13.1. The topological polar surface area (TPSA) is 53.1 Å². The Morgan fingerprint density at radius 3 is 2.89 bits per heavy atom. The molecule has 2 aromatic rings. The number of halogens is 1. The third kappa shape index (κ3) is 2.22. The summed E-state index contributed by atoms with van der Waals surface area (Å²) in [5, 5.41) is 4.14. The number of aryl methyl sites for hydroxylation is 1. The molecule has 0 fully saturated rings. The third-order valence-electron chi connectivity index (χ3n) is 2.88. The van der Waals surface area contributed by atoms with Crippen molar-refractivity contribution in [1.29, 1.82) is 0 Å². The summed E-state index contributed by atoms with van der Waals surface area (Å²) in [6, 6.07) is 4.09. The first-order valence-corrected chi connectivity index (χ1v) is 5.77. The Morgan fingerprint density at radius 1 is 1.50 bits per heavy atom. The van der Waals surface area contributed by atoms with Gasteiger partial charge in [-0.1, -0.05) is 6.07 Å². The van der Waals surface area contributed by atoms with Crippen LogP contribution in [0.3, 0.4) is 0 Å². The molecule has 2 rings (SSSR count). The first-order valence-electron chi connectivity index (χ1n) is 5.77. The average molecular weight is 249 g/mol. The van der Waals surface area contributed by atoms with Gasteiger partial charge in [-0.25, -0.2) is 4.39 Å². The average Bonchev–Trinajstić information content (AvgIpc) is 2.86. The van der Waals surface area contributed by atoms with E-state index >= 15 is 0 Å². The van der Waals surface area contributed by atoms with Gasteiger partial charge in [0.2, 0.25) is 0 Å². The van der Waals surface area contributed by atoms with Crippen molar-refractivity contribution in [3.05, 3.63) is 47.5 Å². The van der Waals surface area contributed by atoms with Crippen LogP contribution < -0.4 is 10.5 Å². The van der Waals surface area contributed by atoms with Crippen LogP contribution in [0.2, 0.25) is 0 Å². The number of benzene rings is 1. The van der Waals surface area contributed by atoms with Gasteiger partial charge in [-0.2, -0.15) is 5.10 Å². The minimum absolute atomic E-state index is 0.357. The normalized spacial score (nSPS) is 12.4. The van der Waals surface area contributed by atoms with E-state index in [-0.39, 0.29) is 5.82 Å². The molecule has 0 saturated carbocycles. The van der Waals surface area contributed by atoms with E-state index in [1.165, 1.54) is 13.2 Å². The molecule has 1 atom stereocenters. The van der Waals surface area contributed by atoms with Crippen molar-refractivity contribution < 1.29 is 9.13 Å². The number of nitrogens with zero attached hydrogens (tertiary/aromatic N) is 2. The smallest absolute Gasteiger partial charge is 0.132 e. The molecule has 1 heterocycles. The van der Waals surface area contributed by atoms with Crippen LogP contribution in [0, 0.1) is 5.82 Å². The maximum absolute atomic E-state index is 13.9. The van der Waals surface area contributed by atoms with Gasteiger partial charge < -0.3 is 10.5 Å². The van der Waals surface area contributed by atoms with Gasteiger partial charge in [0, 0.05) is 18.3 Å². The largest absolute Gasteiger partial charge is 0.496 e. The van der Waals surface area contributed by atoms with Gasteiger partial charge in [-0.15, -0.1) is 0 Å². The van der Waals surface area contributed by atoms with Crippen LogP contribution in [0.25, 0.3) is 0 Å². The maximum atomic E-state index is 13.9. The lowest BCUT2D eigenvalue weighted by molar-refractivity contribution is 0.402. The molecule has 0 aliphatic carbocycles. The summed E-state index contributed by atoms with van der Waals surface area (Å²) in [5.74, 6) is 0.0813. The van der Waals surface area contributed by atoms with Gasteiger partial charge in [0.05, 0.1) is 24.9 Å². The first kappa shape index (κ1) is 12.6. The Kier molecular flexibility index (Phi) is 3.62. The Hall–Kier alpha value is -1.88. The summed E-state index contributed by atoms with van der Waals surface area (Å²) in [6.07, 6.45) is 3.47. The van der Waals surface area contributed by atoms with Crippen LogP contribution in [0.4, 0.5) is 4.39 Å². The van der Waals surface area contributed by atoms with Crippen LogP contribution in [0.15, 0.2) is 30.6 Å². The molecule has 5 heteroatoms. The highest BCUT2D eigenvalue weighted by atomic mass is 19.1.